The Labute approximate surface area is 168 Å². The van der Waals surface area contributed by atoms with Gasteiger partial charge in [-0.05, 0) is 42.5 Å². The molecule has 2 aromatic carbocycles. The van der Waals surface area contributed by atoms with E-state index in [4.69, 9.17) is 0 Å². The van der Waals surface area contributed by atoms with Crippen LogP contribution in [0.4, 0.5) is 0 Å². The third-order valence-corrected chi connectivity index (χ3v) is 4.85. The molecule has 0 saturated heterocycles. The van der Waals surface area contributed by atoms with E-state index >= 15 is 0 Å². The molecule has 0 aliphatic carbocycles. The summed E-state index contributed by atoms with van der Waals surface area (Å²) >= 11 is 0. The average Bonchev–Trinajstić information content (AvgIpc) is 2.65. The first-order chi connectivity index (χ1) is 13.2. The van der Waals surface area contributed by atoms with E-state index in [2.05, 4.69) is 42.7 Å². The van der Waals surface area contributed by atoms with Crippen molar-refractivity contribution in [2.45, 2.75) is 53.5 Å². The van der Waals surface area contributed by atoms with Crippen molar-refractivity contribution in [2.75, 3.05) is 6.54 Å². The molecule has 0 bridgehead atoms. The topological polar surface area (TPSA) is 58.2 Å². The first-order valence-corrected chi connectivity index (χ1v) is 9.88. The summed E-state index contributed by atoms with van der Waals surface area (Å²) in [7, 11) is 0. The van der Waals surface area contributed by atoms with E-state index in [1.165, 1.54) is 11.1 Å². The van der Waals surface area contributed by atoms with Crippen molar-refractivity contribution in [3.05, 3.63) is 70.8 Å². The summed E-state index contributed by atoms with van der Waals surface area (Å²) in [6.07, 6.45) is 0.987. The van der Waals surface area contributed by atoms with Gasteiger partial charge in [0.1, 0.15) is 0 Å². The van der Waals surface area contributed by atoms with Crippen LogP contribution in [0.5, 0.6) is 0 Å². The predicted molar refractivity (Wildman–Crippen MR) is 114 cm³/mol. The van der Waals surface area contributed by atoms with Crippen LogP contribution in [0.15, 0.2) is 48.5 Å². The van der Waals surface area contributed by atoms with Gasteiger partial charge in [0.25, 0.3) is 0 Å². The largest absolute Gasteiger partial charge is 0.356 e. The Morgan fingerprint density at radius 2 is 1.61 bits per heavy atom. The number of hydrogen-bond donors (Lipinski definition) is 2. The number of aryl methyl sites for hydroxylation is 2. The van der Waals surface area contributed by atoms with Crippen molar-refractivity contribution in [1.29, 1.82) is 0 Å². The van der Waals surface area contributed by atoms with Gasteiger partial charge in [-0.3, -0.25) is 9.59 Å². The fourth-order valence-electron chi connectivity index (χ4n) is 2.90. The maximum atomic E-state index is 12.6. The summed E-state index contributed by atoms with van der Waals surface area (Å²) in [4.78, 5) is 24.5. The van der Waals surface area contributed by atoms with E-state index in [0.717, 1.165) is 11.1 Å². The standard InChI is InChI=1S/C24H32N2O2/c1-17-13-14-20(16-18(17)2)22(19-10-7-6-8-11-19)26-21(27)12-9-15-25-23(28)24(3,4)5/h6-8,10-11,13-14,16,22H,9,12,15H2,1-5H3,(H,25,28)(H,26,27). The Hall–Kier alpha value is -2.62. The molecule has 1 atom stereocenters. The van der Waals surface area contributed by atoms with Crippen molar-refractivity contribution in [3.63, 3.8) is 0 Å². The highest BCUT2D eigenvalue weighted by atomic mass is 16.2. The van der Waals surface area contributed by atoms with Gasteiger partial charge in [-0.15, -0.1) is 0 Å². The molecule has 0 radical (unpaired) electrons. The lowest BCUT2D eigenvalue weighted by atomic mass is 9.95. The molecule has 4 nitrogen and oxygen atoms in total. The van der Waals surface area contributed by atoms with Crippen molar-refractivity contribution in [1.82, 2.24) is 10.6 Å². The Balaban J connectivity index is 2.01. The zero-order chi connectivity index (χ0) is 20.7. The van der Waals surface area contributed by atoms with E-state index in [0.29, 0.717) is 19.4 Å². The highest BCUT2D eigenvalue weighted by molar-refractivity contribution is 5.81. The van der Waals surface area contributed by atoms with Crippen LogP contribution < -0.4 is 10.6 Å². The van der Waals surface area contributed by atoms with Crippen molar-refractivity contribution in [2.24, 2.45) is 5.41 Å². The third-order valence-electron chi connectivity index (χ3n) is 4.85. The lowest BCUT2D eigenvalue weighted by molar-refractivity contribution is -0.128. The van der Waals surface area contributed by atoms with Crippen LogP contribution in [0.2, 0.25) is 0 Å². The average molecular weight is 381 g/mol. The van der Waals surface area contributed by atoms with Gasteiger partial charge in [0.05, 0.1) is 6.04 Å². The molecule has 2 amide bonds. The Morgan fingerprint density at radius 1 is 0.929 bits per heavy atom. The van der Waals surface area contributed by atoms with Gasteiger partial charge < -0.3 is 10.6 Å². The summed E-state index contributed by atoms with van der Waals surface area (Å²) < 4.78 is 0. The number of rotatable bonds is 7. The highest BCUT2D eigenvalue weighted by Crippen LogP contribution is 2.24. The minimum absolute atomic E-state index is 0.00482. The highest BCUT2D eigenvalue weighted by Gasteiger charge is 2.21. The summed E-state index contributed by atoms with van der Waals surface area (Å²) in [6.45, 7) is 10.3. The zero-order valence-electron chi connectivity index (χ0n) is 17.6. The SMILES string of the molecule is Cc1ccc(C(NC(=O)CCCNC(=O)C(C)(C)C)c2ccccc2)cc1C. The molecule has 2 aromatic rings. The van der Waals surface area contributed by atoms with Gasteiger partial charge >= 0.3 is 0 Å². The molecule has 0 aromatic heterocycles. The van der Waals surface area contributed by atoms with Gasteiger partial charge in [0, 0.05) is 18.4 Å². The van der Waals surface area contributed by atoms with Crippen LogP contribution in [-0.2, 0) is 9.59 Å². The summed E-state index contributed by atoms with van der Waals surface area (Å²) in [6, 6.07) is 16.1. The normalized spacial score (nSPS) is 12.3. The van der Waals surface area contributed by atoms with E-state index in [1.807, 2.05) is 51.1 Å². The Bertz CT molecular complexity index is 807. The lowest BCUT2D eigenvalue weighted by Crippen LogP contribution is -2.36. The lowest BCUT2D eigenvalue weighted by Gasteiger charge is -2.21. The third kappa shape index (κ3) is 6.22. The number of benzene rings is 2. The van der Waals surface area contributed by atoms with Crippen LogP contribution in [-0.4, -0.2) is 18.4 Å². The molecule has 2 rings (SSSR count). The van der Waals surface area contributed by atoms with Gasteiger partial charge in [-0.2, -0.15) is 0 Å². The van der Waals surface area contributed by atoms with E-state index in [9.17, 15) is 9.59 Å². The smallest absolute Gasteiger partial charge is 0.225 e. The molecule has 0 aliphatic rings. The van der Waals surface area contributed by atoms with Crippen LogP contribution in [0, 0.1) is 19.3 Å². The maximum absolute atomic E-state index is 12.6. The minimum Gasteiger partial charge on any atom is -0.356 e. The zero-order valence-corrected chi connectivity index (χ0v) is 17.6. The molecule has 0 fully saturated rings. The van der Waals surface area contributed by atoms with Crippen molar-refractivity contribution < 1.29 is 9.59 Å². The number of amides is 2. The molecular formula is C24H32N2O2. The summed E-state index contributed by atoms with van der Waals surface area (Å²) in [5, 5.41) is 6.05. The number of carbonyl (C=O) groups excluding carboxylic acids is 2. The molecule has 0 saturated carbocycles. The Morgan fingerprint density at radius 3 is 2.21 bits per heavy atom. The van der Waals surface area contributed by atoms with Crippen molar-refractivity contribution >= 4 is 11.8 Å². The van der Waals surface area contributed by atoms with Crippen LogP contribution >= 0.6 is 0 Å². The molecule has 28 heavy (non-hydrogen) atoms. The first kappa shape index (κ1) is 21.7. The van der Waals surface area contributed by atoms with E-state index in [1.54, 1.807) is 0 Å². The number of hydrogen-bond acceptors (Lipinski definition) is 2. The summed E-state index contributed by atoms with van der Waals surface area (Å²) in [5.41, 5.74) is 4.15. The second-order valence-electron chi connectivity index (χ2n) is 8.36. The maximum Gasteiger partial charge on any atom is 0.225 e. The van der Waals surface area contributed by atoms with Crippen LogP contribution in [0.25, 0.3) is 0 Å². The summed E-state index contributed by atoms with van der Waals surface area (Å²) in [5.74, 6) is -0.0118. The first-order valence-electron chi connectivity index (χ1n) is 9.88. The Kier molecular flexibility index (Phi) is 7.38. The van der Waals surface area contributed by atoms with Crippen LogP contribution in [0.3, 0.4) is 0 Å². The van der Waals surface area contributed by atoms with E-state index < -0.39 is 5.41 Å². The molecule has 2 N–H and O–H groups in total. The number of carbonyl (C=O) groups is 2. The molecule has 0 heterocycles. The van der Waals surface area contributed by atoms with Crippen LogP contribution in [0.1, 0.15) is 61.9 Å². The minimum atomic E-state index is -0.413. The second-order valence-corrected chi connectivity index (χ2v) is 8.36. The van der Waals surface area contributed by atoms with Gasteiger partial charge in [0.2, 0.25) is 11.8 Å². The van der Waals surface area contributed by atoms with E-state index in [-0.39, 0.29) is 17.9 Å². The van der Waals surface area contributed by atoms with Gasteiger partial charge in [-0.25, -0.2) is 0 Å². The molecule has 4 heteroatoms. The fraction of sp³-hybridized carbons (Fsp3) is 0.417. The fourth-order valence-corrected chi connectivity index (χ4v) is 2.90. The second kappa shape index (κ2) is 9.54. The molecular weight excluding hydrogens is 348 g/mol. The van der Waals surface area contributed by atoms with Gasteiger partial charge in [-0.1, -0.05) is 69.3 Å². The van der Waals surface area contributed by atoms with Gasteiger partial charge in [0.15, 0.2) is 0 Å². The monoisotopic (exact) mass is 380 g/mol. The number of nitrogens with one attached hydrogen (secondary N) is 2. The molecule has 0 spiro atoms. The molecule has 1 unspecified atom stereocenters. The predicted octanol–water partition coefficient (Wildman–Crippen LogP) is 4.45. The molecule has 150 valence electrons. The quantitative estimate of drug-likeness (QED) is 0.697. The molecule has 0 aliphatic heterocycles. The van der Waals surface area contributed by atoms with Crippen molar-refractivity contribution in [3.8, 4) is 0 Å².